The summed E-state index contributed by atoms with van der Waals surface area (Å²) in [5.74, 6) is 0. The van der Waals surface area contributed by atoms with E-state index in [1.807, 2.05) is 17.8 Å². The number of nitrogen functional groups attached to an aromatic ring is 1. The molecule has 0 radical (unpaired) electrons. The Hall–Kier alpha value is -1.77. The molecule has 0 fully saturated rings. The van der Waals surface area contributed by atoms with E-state index in [4.69, 9.17) is 5.73 Å². The molecule has 0 bridgehead atoms. The lowest BCUT2D eigenvalue weighted by Crippen LogP contribution is -2.02. The van der Waals surface area contributed by atoms with E-state index in [2.05, 4.69) is 36.3 Å². The van der Waals surface area contributed by atoms with Crippen molar-refractivity contribution in [2.45, 2.75) is 26.2 Å². The number of hydrogen-bond donors (Lipinski definition) is 1. The van der Waals surface area contributed by atoms with Crippen molar-refractivity contribution in [1.82, 2.24) is 9.78 Å². The second kappa shape index (κ2) is 5.04. The van der Waals surface area contributed by atoms with Crippen LogP contribution in [-0.2, 0) is 26.3 Å². The zero-order chi connectivity index (χ0) is 12.3. The Morgan fingerprint density at radius 1 is 1.18 bits per heavy atom. The summed E-state index contributed by atoms with van der Waals surface area (Å²) >= 11 is 0. The second-order valence-corrected chi connectivity index (χ2v) is 4.27. The SMILES string of the molecule is CCc1nn(C)c(CCc2ccccc2)c1N. The smallest absolute Gasteiger partial charge is 0.0854 e. The van der Waals surface area contributed by atoms with Crippen molar-refractivity contribution in [1.29, 1.82) is 0 Å². The minimum atomic E-state index is 0.867. The van der Waals surface area contributed by atoms with Crippen molar-refractivity contribution in [2.24, 2.45) is 7.05 Å². The van der Waals surface area contributed by atoms with Gasteiger partial charge < -0.3 is 5.73 Å². The second-order valence-electron chi connectivity index (χ2n) is 4.27. The average molecular weight is 229 g/mol. The molecule has 0 aliphatic rings. The molecule has 0 amide bonds. The monoisotopic (exact) mass is 229 g/mol. The Balaban J connectivity index is 2.12. The van der Waals surface area contributed by atoms with Gasteiger partial charge in [-0.25, -0.2) is 0 Å². The van der Waals surface area contributed by atoms with Gasteiger partial charge in [-0.15, -0.1) is 0 Å². The van der Waals surface area contributed by atoms with Gasteiger partial charge in [0.1, 0.15) is 0 Å². The van der Waals surface area contributed by atoms with Gasteiger partial charge in [-0.05, 0) is 24.8 Å². The van der Waals surface area contributed by atoms with Crippen molar-refractivity contribution in [2.75, 3.05) is 5.73 Å². The van der Waals surface area contributed by atoms with Gasteiger partial charge in [0, 0.05) is 7.05 Å². The molecule has 3 nitrogen and oxygen atoms in total. The van der Waals surface area contributed by atoms with E-state index in [1.165, 1.54) is 5.56 Å². The molecule has 2 aromatic rings. The lowest BCUT2D eigenvalue weighted by Gasteiger charge is -2.03. The van der Waals surface area contributed by atoms with Crippen LogP contribution in [0.25, 0.3) is 0 Å². The summed E-state index contributed by atoms with van der Waals surface area (Å²) in [7, 11) is 1.97. The largest absolute Gasteiger partial charge is 0.396 e. The summed E-state index contributed by atoms with van der Waals surface area (Å²) < 4.78 is 1.91. The molecule has 0 spiro atoms. The molecular weight excluding hydrogens is 210 g/mol. The molecule has 1 aromatic carbocycles. The van der Waals surface area contributed by atoms with Crippen LogP contribution in [0.3, 0.4) is 0 Å². The first-order chi connectivity index (χ1) is 8.22. The Labute approximate surface area is 102 Å². The minimum absolute atomic E-state index is 0.867. The van der Waals surface area contributed by atoms with Gasteiger partial charge in [-0.3, -0.25) is 4.68 Å². The topological polar surface area (TPSA) is 43.8 Å². The van der Waals surface area contributed by atoms with E-state index in [0.29, 0.717) is 0 Å². The molecule has 0 aliphatic heterocycles. The molecule has 0 aliphatic carbocycles. The van der Waals surface area contributed by atoms with Crippen LogP contribution < -0.4 is 5.73 Å². The highest BCUT2D eigenvalue weighted by molar-refractivity contribution is 5.48. The molecular formula is C14H19N3. The summed E-state index contributed by atoms with van der Waals surface area (Å²) in [6.45, 7) is 2.08. The van der Waals surface area contributed by atoms with Crippen molar-refractivity contribution in [3.63, 3.8) is 0 Å². The lowest BCUT2D eigenvalue weighted by molar-refractivity contribution is 0.693. The quantitative estimate of drug-likeness (QED) is 0.874. The lowest BCUT2D eigenvalue weighted by atomic mass is 10.1. The molecule has 1 aromatic heterocycles. The van der Waals surface area contributed by atoms with Gasteiger partial charge in [0.2, 0.25) is 0 Å². The summed E-state index contributed by atoms with van der Waals surface area (Å²) in [5, 5.41) is 4.43. The third kappa shape index (κ3) is 2.49. The van der Waals surface area contributed by atoms with E-state index >= 15 is 0 Å². The summed E-state index contributed by atoms with van der Waals surface area (Å²) in [6.07, 6.45) is 2.85. The molecule has 2 rings (SSSR count). The fraction of sp³-hybridized carbons (Fsp3) is 0.357. The highest BCUT2D eigenvalue weighted by Gasteiger charge is 2.11. The van der Waals surface area contributed by atoms with E-state index in [9.17, 15) is 0 Å². The van der Waals surface area contributed by atoms with Crippen molar-refractivity contribution < 1.29 is 0 Å². The maximum absolute atomic E-state index is 6.10. The molecule has 3 heteroatoms. The number of rotatable bonds is 4. The van der Waals surface area contributed by atoms with Crippen LogP contribution in [0.15, 0.2) is 30.3 Å². The number of anilines is 1. The number of nitrogens with zero attached hydrogens (tertiary/aromatic N) is 2. The van der Waals surface area contributed by atoms with Crippen LogP contribution in [0.1, 0.15) is 23.9 Å². The Morgan fingerprint density at radius 2 is 1.88 bits per heavy atom. The molecule has 90 valence electrons. The van der Waals surface area contributed by atoms with Gasteiger partial charge in [0.15, 0.2) is 0 Å². The third-order valence-electron chi connectivity index (χ3n) is 3.11. The first kappa shape index (κ1) is 11.7. The summed E-state index contributed by atoms with van der Waals surface area (Å²) in [5.41, 5.74) is 10.5. The zero-order valence-electron chi connectivity index (χ0n) is 10.5. The molecule has 17 heavy (non-hydrogen) atoms. The Kier molecular flexibility index (Phi) is 3.47. The van der Waals surface area contributed by atoms with Crippen LogP contribution in [0.4, 0.5) is 5.69 Å². The van der Waals surface area contributed by atoms with Crippen LogP contribution in [0, 0.1) is 0 Å². The van der Waals surface area contributed by atoms with Crippen LogP contribution >= 0.6 is 0 Å². The minimum Gasteiger partial charge on any atom is -0.396 e. The zero-order valence-corrected chi connectivity index (χ0v) is 10.5. The van der Waals surface area contributed by atoms with Crippen molar-refractivity contribution in [3.05, 3.63) is 47.3 Å². The van der Waals surface area contributed by atoms with Gasteiger partial charge in [0.05, 0.1) is 17.1 Å². The third-order valence-corrected chi connectivity index (χ3v) is 3.11. The van der Waals surface area contributed by atoms with Gasteiger partial charge in [0.25, 0.3) is 0 Å². The van der Waals surface area contributed by atoms with E-state index < -0.39 is 0 Å². The first-order valence-electron chi connectivity index (χ1n) is 6.06. The fourth-order valence-electron chi connectivity index (χ4n) is 2.10. The molecule has 0 saturated heterocycles. The number of benzene rings is 1. The van der Waals surface area contributed by atoms with E-state index in [0.717, 1.165) is 36.3 Å². The predicted molar refractivity (Wildman–Crippen MR) is 70.8 cm³/mol. The number of hydrogen-bond acceptors (Lipinski definition) is 2. The fourth-order valence-corrected chi connectivity index (χ4v) is 2.10. The molecule has 0 unspecified atom stereocenters. The average Bonchev–Trinajstić information content (AvgIpc) is 2.63. The molecule has 2 N–H and O–H groups in total. The number of aromatic nitrogens is 2. The molecule has 0 saturated carbocycles. The summed E-state index contributed by atoms with van der Waals surface area (Å²) in [4.78, 5) is 0. The first-order valence-corrected chi connectivity index (χ1v) is 6.06. The standard InChI is InChI=1S/C14H19N3/c1-3-12-14(15)13(17(2)16-12)10-9-11-7-5-4-6-8-11/h4-8H,3,9-10,15H2,1-2H3. The van der Waals surface area contributed by atoms with E-state index in [1.54, 1.807) is 0 Å². The maximum Gasteiger partial charge on any atom is 0.0854 e. The molecule has 1 heterocycles. The highest BCUT2D eigenvalue weighted by atomic mass is 15.3. The predicted octanol–water partition coefficient (Wildman–Crippen LogP) is 2.35. The maximum atomic E-state index is 6.10. The van der Waals surface area contributed by atoms with Gasteiger partial charge >= 0.3 is 0 Å². The Bertz CT molecular complexity index is 486. The van der Waals surface area contributed by atoms with Crippen molar-refractivity contribution in [3.8, 4) is 0 Å². The van der Waals surface area contributed by atoms with Crippen molar-refractivity contribution >= 4 is 5.69 Å². The molecule has 0 atom stereocenters. The highest BCUT2D eigenvalue weighted by Crippen LogP contribution is 2.18. The van der Waals surface area contributed by atoms with Crippen LogP contribution in [0.5, 0.6) is 0 Å². The van der Waals surface area contributed by atoms with Gasteiger partial charge in [-0.1, -0.05) is 37.3 Å². The van der Waals surface area contributed by atoms with Crippen LogP contribution in [0.2, 0.25) is 0 Å². The Morgan fingerprint density at radius 3 is 2.47 bits per heavy atom. The van der Waals surface area contributed by atoms with Crippen LogP contribution in [-0.4, -0.2) is 9.78 Å². The number of aryl methyl sites for hydroxylation is 3. The van der Waals surface area contributed by atoms with Gasteiger partial charge in [-0.2, -0.15) is 5.10 Å². The van der Waals surface area contributed by atoms with E-state index in [-0.39, 0.29) is 0 Å². The summed E-state index contributed by atoms with van der Waals surface area (Å²) in [6, 6.07) is 10.5. The number of nitrogens with two attached hydrogens (primary N) is 1. The normalized spacial score (nSPS) is 10.7.